The Hall–Kier alpha value is -0.990. The van der Waals surface area contributed by atoms with Gasteiger partial charge in [0.2, 0.25) is 0 Å². The van der Waals surface area contributed by atoms with Gasteiger partial charge >= 0.3 is 11.9 Å². The van der Waals surface area contributed by atoms with Gasteiger partial charge in [-0.25, -0.2) is 0 Å². The summed E-state index contributed by atoms with van der Waals surface area (Å²) in [7, 11) is 1.17. The molecule has 10 heteroatoms. The highest BCUT2D eigenvalue weighted by atomic mass is 31.2. The summed E-state index contributed by atoms with van der Waals surface area (Å²) in [6.45, 7) is 3.82. The Bertz CT molecular complexity index is 713. The van der Waals surface area contributed by atoms with Crippen molar-refractivity contribution in [3.8, 4) is 0 Å². The molecule has 0 rings (SSSR count). The number of carbonyl (C=O) groups excluding carboxylic acids is 2. The molecule has 2 atom stereocenters. The Morgan fingerprint density at radius 3 is 1.57 bits per heavy atom. The molecular formula is C32H64NO8P. The van der Waals surface area contributed by atoms with E-state index in [2.05, 4.69) is 6.92 Å². The SMILES string of the molecule is CCCCCCCCCCCCCCCCCCCC(=O)OC[C@H](COP(=O)([O-])OCC[N+](C)(C)C)OC(=O)CCC. The lowest BCUT2D eigenvalue weighted by Gasteiger charge is -2.28. The van der Waals surface area contributed by atoms with Crippen LogP contribution < -0.4 is 4.89 Å². The van der Waals surface area contributed by atoms with Crippen LogP contribution in [0, 0.1) is 0 Å². The zero-order valence-electron chi connectivity index (χ0n) is 27.7. The van der Waals surface area contributed by atoms with E-state index < -0.39 is 32.5 Å². The minimum atomic E-state index is -4.58. The number of hydrogen-bond donors (Lipinski definition) is 0. The third-order valence-corrected chi connectivity index (χ3v) is 8.06. The van der Waals surface area contributed by atoms with Gasteiger partial charge in [0.15, 0.2) is 6.10 Å². The fraction of sp³-hybridized carbons (Fsp3) is 0.938. The third-order valence-electron chi connectivity index (χ3n) is 7.10. The van der Waals surface area contributed by atoms with Crippen LogP contribution in [0.2, 0.25) is 0 Å². The number of ether oxygens (including phenoxy) is 2. The quantitative estimate of drug-likeness (QED) is 0.0351. The molecule has 0 heterocycles. The van der Waals surface area contributed by atoms with Gasteiger partial charge in [-0.2, -0.15) is 0 Å². The lowest BCUT2D eigenvalue weighted by atomic mass is 10.0. The topological polar surface area (TPSA) is 111 Å². The predicted molar refractivity (Wildman–Crippen MR) is 167 cm³/mol. The average molecular weight is 622 g/mol. The van der Waals surface area contributed by atoms with Gasteiger partial charge in [-0.3, -0.25) is 14.2 Å². The van der Waals surface area contributed by atoms with Crippen LogP contribution in [0.4, 0.5) is 0 Å². The van der Waals surface area contributed by atoms with Gasteiger partial charge in [-0.1, -0.05) is 117 Å². The molecule has 0 saturated heterocycles. The summed E-state index contributed by atoms with van der Waals surface area (Å²) in [4.78, 5) is 36.2. The standard InChI is InChI=1S/C32H64NO8P/c1-6-8-9-10-11-12-13-14-15-16-17-18-19-20-21-22-23-25-31(34)38-28-30(41-32(35)24-7-2)29-40-42(36,37)39-27-26-33(3,4)5/h30H,6-29H2,1-5H3/t30-/m1/s1. The summed E-state index contributed by atoms with van der Waals surface area (Å²) in [6.07, 6.45) is 21.7. The lowest BCUT2D eigenvalue weighted by molar-refractivity contribution is -0.870. The number of phosphoric acid groups is 1. The highest BCUT2D eigenvalue weighted by molar-refractivity contribution is 7.45. The first-order valence-electron chi connectivity index (χ1n) is 16.7. The van der Waals surface area contributed by atoms with Crippen molar-refractivity contribution < 1.29 is 42.1 Å². The van der Waals surface area contributed by atoms with Crippen LogP contribution in [0.3, 0.4) is 0 Å². The molecule has 0 aromatic rings. The smallest absolute Gasteiger partial charge is 0.306 e. The summed E-state index contributed by atoms with van der Waals surface area (Å²) in [5.74, 6) is -0.890. The van der Waals surface area contributed by atoms with E-state index in [1.165, 1.54) is 89.9 Å². The zero-order valence-corrected chi connectivity index (χ0v) is 28.6. The third kappa shape index (κ3) is 29.1. The summed E-state index contributed by atoms with van der Waals surface area (Å²) in [5.41, 5.74) is 0. The molecule has 42 heavy (non-hydrogen) atoms. The van der Waals surface area contributed by atoms with E-state index in [1.54, 1.807) is 0 Å². The van der Waals surface area contributed by atoms with Crippen molar-refractivity contribution in [3.05, 3.63) is 0 Å². The largest absolute Gasteiger partial charge is 0.756 e. The maximum atomic E-state index is 12.2. The van der Waals surface area contributed by atoms with E-state index in [1.807, 2.05) is 28.1 Å². The number of hydrogen-bond acceptors (Lipinski definition) is 8. The first kappa shape index (κ1) is 41.0. The number of phosphoric ester groups is 1. The van der Waals surface area contributed by atoms with Crippen LogP contribution in [0.15, 0.2) is 0 Å². The van der Waals surface area contributed by atoms with Crippen LogP contribution in [0.25, 0.3) is 0 Å². The van der Waals surface area contributed by atoms with Gasteiger partial charge < -0.3 is 27.9 Å². The number of likely N-dealkylation sites (N-methyl/N-ethyl adjacent to an activating group) is 1. The van der Waals surface area contributed by atoms with Gasteiger partial charge in [0, 0.05) is 12.8 Å². The zero-order chi connectivity index (χ0) is 31.5. The summed E-state index contributed by atoms with van der Waals surface area (Å²) in [6, 6.07) is 0. The van der Waals surface area contributed by atoms with E-state index in [-0.39, 0.29) is 26.1 Å². The number of quaternary nitrogens is 1. The molecule has 0 aliphatic rings. The molecule has 0 bridgehead atoms. The normalized spacial score (nSPS) is 14.0. The van der Waals surface area contributed by atoms with Crippen molar-refractivity contribution in [1.82, 2.24) is 0 Å². The van der Waals surface area contributed by atoms with Crippen molar-refractivity contribution in [3.63, 3.8) is 0 Å². The van der Waals surface area contributed by atoms with Crippen LogP contribution in [-0.2, 0) is 32.7 Å². The molecule has 0 amide bonds. The molecule has 0 spiro atoms. The summed E-state index contributed by atoms with van der Waals surface area (Å²) in [5, 5.41) is 0. The van der Waals surface area contributed by atoms with E-state index in [4.69, 9.17) is 18.5 Å². The van der Waals surface area contributed by atoms with Crippen LogP contribution in [-0.4, -0.2) is 70.0 Å². The van der Waals surface area contributed by atoms with Crippen molar-refractivity contribution in [2.75, 3.05) is 47.5 Å². The van der Waals surface area contributed by atoms with E-state index in [0.717, 1.165) is 19.3 Å². The second-order valence-corrected chi connectivity index (χ2v) is 14.0. The molecule has 250 valence electrons. The number of rotatable bonds is 30. The van der Waals surface area contributed by atoms with Gasteiger partial charge in [0.1, 0.15) is 19.8 Å². The Labute approximate surface area is 257 Å². The Morgan fingerprint density at radius 2 is 1.12 bits per heavy atom. The number of esters is 2. The molecule has 9 nitrogen and oxygen atoms in total. The minimum Gasteiger partial charge on any atom is -0.756 e. The minimum absolute atomic E-state index is 0.0289. The molecule has 1 unspecified atom stereocenters. The van der Waals surface area contributed by atoms with Crippen molar-refractivity contribution in [2.24, 2.45) is 0 Å². The molecular weight excluding hydrogens is 557 g/mol. The Morgan fingerprint density at radius 1 is 0.643 bits per heavy atom. The second-order valence-electron chi connectivity index (χ2n) is 12.5. The maximum absolute atomic E-state index is 12.2. The van der Waals surface area contributed by atoms with Crippen molar-refractivity contribution in [2.45, 2.75) is 148 Å². The van der Waals surface area contributed by atoms with Gasteiger partial charge in [-0.05, 0) is 12.8 Å². The number of nitrogens with zero attached hydrogens (tertiary/aromatic N) is 1. The van der Waals surface area contributed by atoms with Crippen LogP contribution in [0.1, 0.15) is 142 Å². The van der Waals surface area contributed by atoms with Crippen LogP contribution in [0.5, 0.6) is 0 Å². The summed E-state index contributed by atoms with van der Waals surface area (Å²) >= 11 is 0. The molecule has 0 aromatic carbocycles. The maximum Gasteiger partial charge on any atom is 0.306 e. The molecule has 0 saturated carbocycles. The molecule has 0 radical (unpaired) electrons. The second kappa shape index (κ2) is 26.4. The van der Waals surface area contributed by atoms with Crippen LogP contribution >= 0.6 is 7.82 Å². The van der Waals surface area contributed by atoms with E-state index in [9.17, 15) is 19.0 Å². The van der Waals surface area contributed by atoms with Crippen molar-refractivity contribution >= 4 is 19.8 Å². The van der Waals surface area contributed by atoms with E-state index >= 15 is 0 Å². The first-order chi connectivity index (χ1) is 20.0. The Kier molecular flexibility index (Phi) is 25.8. The highest BCUT2D eigenvalue weighted by Crippen LogP contribution is 2.38. The van der Waals surface area contributed by atoms with Gasteiger partial charge in [-0.15, -0.1) is 0 Å². The van der Waals surface area contributed by atoms with E-state index in [0.29, 0.717) is 17.4 Å². The molecule has 0 aliphatic carbocycles. The monoisotopic (exact) mass is 621 g/mol. The first-order valence-corrected chi connectivity index (χ1v) is 18.2. The van der Waals surface area contributed by atoms with Crippen molar-refractivity contribution in [1.29, 1.82) is 0 Å². The fourth-order valence-corrected chi connectivity index (χ4v) is 5.18. The molecule has 0 N–H and O–H groups in total. The molecule has 0 aromatic heterocycles. The number of unbranched alkanes of at least 4 members (excludes halogenated alkanes) is 16. The Balaban J connectivity index is 3.97. The van der Waals surface area contributed by atoms with Gasteiger partial charge in [0.25, 0.3) is 7.82 Å². The average Bonchev–Trinajstić information content (AvgIpc) is 2.91. The number of carbonyl (C=O) groups is 2. The summed E-state index contributed by atoms with van der Waals surface area (Å²) < 4.78 is 33.0. The fourth-order valence-electron chi connectivity index (χ4n) is 4.46. The predicted octanol–water partition coefficient (Wildman–Crippen LogP) is 7.49. The van der Waals surface area contributed by atoms with Gasteiger partial charge in [0.05, 0.1) is 27.7 Å². The molecule has 0 aliphatic heterocycles. The lowest BCUT2D eigenvalue weighted by Crippen LogP contribution is -2.37. The molecule has 0 fully saturated rings. The highest BCUT2D eigenvalue weighted by Gasteiger charge is 2.21.